The lowest BCUT2D eigenvalue weighted by atomic mass is 9.84. The summed E-state index contributed by atoms with van der Waals surface area (Å²) in [6.45, 7) is 5.64. The SMILES string of the molecule is COc1cc(-c2ccccc2)ccc1N1CCN(CC[C@H]2CC[C@H](N)CC2)CC1.Cl.Cl. The van der Waals surface area contributed by atoms with E-state index in [4.69, 9.17) is 10.5 Å². The van der Waals surface area contributed by atoms with Gasteiger partial charge in [-0.2, -0.15) is 0 Å². The van der Waals surface area contributed by atoms with Gasteiger partial charge in [-0.05, 0) is 67.8 Å². The van der Waals surface area contributed by atoms with Crippen molar-refractivity contribution in [3.05, 3.63) is 48.5 Å². The monoisotopic (exact) mass is 465 g/mol. The van der Waals surface area contributed by atoms with E-state index in [1.165, 1.54) is 55.5 Å². The van der Waals surface area contributed by atoms with Crippen LogP contribution in [0.3, 0.4) is 0 Å². The number of piperazine rings is 1. The molecule has 0 amide bonds. The minimum atomic E-state index is 0. The average molecular weight is 466 g/mol. The van der Waals surface area contributed by atoms with Gasteiger partial charge in [0.05, 0.1) is 12.8 Å². The maximum atomic E-state index is 6.05. The molecule has 0 radical (unpaired) electrons. The van der Waals surface area contributed by atoms with Gasteiger partial charge in [-0.3, -0.25) is 4.90 Å². The summed E-state index contributed by atoms with van der Waals surface area (Å²) in [7, 11) is 1.78. The van der Waals surface area contributed by atoms with Crippen molar-refractivity contribution in [2.75, 3.05) is 44.7 Å². The first-order valence-corrected chi connectivity index (χ1v) is 11.2. The Bertz CT molecular complexity index is 774. The van der Waals surface area contributed by atoms with E-state index in [0.29, 0.717) is 6.04 Å². The Labute approximate surface area is 200 Å². The standard InChI is InChI=1S/C25H35N3O.2ClH/c1-29-25-19-22(21-5-3-2-4-6-21)9-12-24(25)28-17-15-27(16-18-28)14-13-20-7-10-23(26)11-8-20;;/h2-6,9,12,19-20,23H,7-8,10-11,13-18,26H2,1H3;2*1H/t20-,23-;;. The number of halogens is 2. The summed E-state index contributed by atoms with van der Waals surface area (Å²) in [4.78, 5) is 5.11. The molecule has 1 aliphatic heterocycles. The van der Waals surface area contributed by atoms with Crippen molar-refractivity contribution in [3.63, 3.8) is 0 Å². The molecule has 1 saturated heterocycles. The minimum absolute atomic E-state index is 0. The molecule has 2 aliphatic rings. The molecule has 1 heterocycles. The summed E-state index contributed by atoms with van der Waals surface area (Å²) in [6.07, 6.45) is 6.43. The van der Waals surface area contributed by atoms with Gasteiger partial charge in [0, 0.05) is 32.2 Å². The van der Waals surface area contributed by atoms with Crippen molar-refractivity contribution in [2.24, 2.45) is 11.7 Å². The number of ether oxygens (including phenoxy) is 1. The summed E-state index contributed by atoms with van der Waals surface area (Å²) < 4.78 is 5.76. The number of rotatable bonds is 6. The predicted octanol–water partition coefficient (Wildman–Crippen LogP) is 5.24. The summed E-state index contributed by atoms with van der Waals surface area (Å²) >= 11 is 0. The first kappa shape index (κ1) is 25.8. The lowest BCUT2D eigenvalue weighted by Gasteiger charge is -2.37. The first-order valence-electron chi connectivity index (χ1n) is 11.2. The normalized spacial score (nSPS) is 21.7. The highest BCUT2D eigenvalue weighted by Gasteiger charge is 2.22. The second kappa shape index (κ2) is 12.5. The molecule has 0 spiro atoms. The molecule has 2 aromatic carbocycles. The van der Waals surface area contributed by atoms with Crippen molar-refractivity contribution in [2.45, 2.75) is 38.1 Å². The van der Waals surface area contributed by atoms with Gasteiger partial charge >= 0.3 is 0 Å². The molecule has 2 aromatic rings. The summed E-state index contributed by atoms with van der Waals surface area (Å²) in [5.74, 6) is 1.86. The highest BCUT2D eigenvalue weighted by Crippen LogP contribution is 2.34. The number of nitrogens with two attached hydrogens (primary N) is 1. The molecule has 0 atom stereocenters. The smallest absolute Gasteiger partial charge is 0.142 e. The van der Waals surface area contributed by atoms with Crippen LogP contribution in [0.15, 0.2) is 48.5 Å². The molecule has 4 nitrogen and oxygen atoms in total. The third-order valence-electron chi connectivity index (χ3n) is 6.74. The third kappa shape index (κ3) is 6.76. The molecular formula is C25H37Cl2N3O. The Hall–Kier alpha value is -1.46. The largest absolute Gasteiger partial charge is 0.495 e. The maximum absolute atomic E-state index is 6.05. The van der Waals surface area contributed by atoms with Crippen LogP contribution in [0.2, 0.25) is 0 Å². The van der Waals surface area contributed by atoms with Crippen LogP contribution >= 0.6 is 24.8 Å². The van der Waals surface area contributed by atoms with Crippen molar-refractivity contribution in [1.82, 2.24) is 4.90 Å². The van der Waals surface area contributed by atoms with Crippen LogP contribution < -0.4 is 15.4 Å². The predicted molar refractivity (Wildman–Crippen MR) is 136 cm³/mol. The Balaban J connectivity index is 0.00000171. The van der Waals surface area contributed by atoms with Gasteiger partial charge in [0.15, 0.2) is 0 Å². The summed E-state index contributed by atoms with van der Waals surface area (Å²) in [6, 6.07) is 17.6. The van der Waals surface area contributed by atoms with Gasteiger partial charge in [-0.1, -0.05) is 36.4 Å². The van der Waals surface area contributed by atoms with Crippen LogP contribution in [0.5, 0.6) is 5.75 Å². The molecule has 0 bridgehead atoms. The van der Waals surface area contributed by atoms with Gasteiger partial charge in [0.2, 0.25) is 0 Å². The lowest BCUT2D eigenvalue weighted by molar-refractivity contribution is 0.216. The highest BCUT2D eigenvalue weighted by molar-refractivity contribution is 5.85. The van der Waals surface area contributed by atoms with E-state index in [9.17, 15) is 0 Å². The maximum Gasteiger partial charge on any atom is 0.142 e. The number of nitrogens with zero attached hydrogens (tertiary/aromatic N) is 2. The number of anilines is 1. The first-order chi connectivity index (χ1) is 14.2. The molecule has 6 heteroatoms. The van der Waals surface area contributed by atoms with Crippen molar-refractivity contribution < 1.29 is 4.74 Å². The number of methoxy groups -OCH3 is 1. The molecular weight excluding hydrogens is 429 g/mol. The molecule has 1 aliphatic carbocycles. The van der Waals surface area contributed by atoms with E-state index in [1.807, 2.05) is 0 Å². The zero-order valence-electron chi connectivity index (χ0n) is 18.5. The van der Waals surface area contributed by atoms with Crippen LogP contribution in [0.1, 0.15) is 32.1 Å². The van der Waals surface area contributed by atoms with E-state index >= 15 is 0 Å². The number of benzene rings is 2. The number of hydrogen-bond donors (Lipinski definition) is 1. The van der Waals surface area contributed by atoms with Crippen molar-refractivity contribution >= 4 is 30.5 Å². The van der Waals surface area contributed by atoms with E-state index < -0.39 is 0 Å². The molecule has 31 heavy (non-hydrogen) atoms. The lowest BCUT2D eigenvalue weighted by Crippen LogP contribution is -2.47. The van der Waals surface area contributed by atoms with Crippen LogP contribution in [0.25, 0.3) is 11.1 Å². The van der Waals surface area contributed by atoms with Crippen LogP contribution in [-0.4, -0.2) is 50.8 Å². The van der Waals surface area contributed by atoms with Gasteiger partial charge in [-0.15, -0.1) is 24.8 Å². The Morgan fingerprint density at radius 1 is 0.871 bits per heavy atom. The number of hydrogen-bond acceptors (Lipinski definition) is 4. The van der Waals surface area contributed by atoms with Crippen molar-refractivity contribution in [1.29, 1.82) is 0 Å². The Morgan fingerprint density at radius 2 is 1.55 bits per heavy atom. The summed E-state index contributed by atoms with van der Waals surface area (Å²) in [5.41, 5.74) is 9.70. The molecule has 0 unspecified atom stereocenters. The average Bonchev–Trinajstić information content (AvgIpc) is 2.79. The van der Waals surface area contributed by atoms with E-state index in [-0.39, 0.29) is 24.8 Å². The molecule has 0 aromatic heterocycles. The topological polar surface area (TPSA) is 41.7 Å². The second-order valence-electron chi connectivity index (χ2n) is 8.65. The fourth-order valence-corrected chi connectivity index (χ4v) is 4.80. The van der Waals surface area contributed by atoms with Crippen LogP contribution in [0, 0.1) is 5.92 Å². The summed E-state index contributed by atoms with van der Waals surface area (Å²) in [5, 5.41) is 0. The Kier molecular flexibility index (Phi) is 10.4. The quantitative estimate of drug-likeness (QED) is 0.633. The zero-order valence-corrected chi connectivity index (χ0v) is 20.2. The fraction of sp³-hybridized carbons (Fsp3) is 0.520. The second-order valence-corrected chi connectivity index (χ2v) is 8.65. The van der Waals surface area contributed by atoms with Crippen LogP contribution in [0.4, 0.5) is 5.69 Å². The fourth-order valence-electron chi connectivity index (χ4n) is 4.80. The van der Waals surface area contributed by atoms with Gasteiger partial charge in [0.1, 0.15) is 5.75 Å². The molecule has 2 N–H and O–H groups in total. The van der Waals surface area contributed by atoms with Crippen molar-refractivity contribution in [3.8, 4) is 16.9 Å². The van der Waals surface area contributed by atoms with Gasteiger partial charge in [0.25, 0.3) is 0 Å². The molecule has 1 saturated carbocycles. The molecule has 2 fully saturated rings. The minimum Gasteiger partial charge on any atom is -0.495 e. The Morgan fingerprint density at radius 3 is 2.19 bits per heavy atom. The van der Waals surface area contributed by atoms with Crippen LogP contribution in [-0.2, 0) is 0 Å². The highest BCUT2D eigenvalue weighted by atomic mass is 35.5. The molecule has 172 valence electrons. The van der Waals surface area contributed by atoms with Gasteiger partial charge in [-0.25, -0.2) is 0 Å². The molecule has 4 rings (SSSR count). The van der Waals surface area contributed by atoms with E-state index in [1.54, 1.807) is 7.11 Å². The van der Waals surface area contributed by atoms with Gasteiger partial charge < -0.3 is 15.4 Å². The van der Waals surface area contributed by atoms with E-state index in [0.717, 1.165) is 37.8 Å². The zero-order chi connectivity index (χ0) is 20.1. The third-order valence-corrected chi connectivity index (χ3v) is 6.74. The van der Waals surface area contributed by atoms with E-state index in [2.05, 4.69) is 58.3 Å².